The molecule has 2 aromatic heterocycles. The molecule has 0 bridgehead atoms. The van der Waals surface area contributed by atoms with Crippen molar-refractivity contribution in [3.63, 3.8) is 0 Å². The van der Waals surface area contributed by atoms with Crippen molar-refractivity contribution in [1.82, 2.24) is 14.8 Å². The quantitative estimate of drug-likeness (QED) is 0.490. The van der Waals surface area contributed by atoms with E-state index < -0.39 is 6.10 Å². The number of carbonyl (C=O) groups excluding carboxylic acids is 1. The Hall–Kier alpha value is -1.80. The van der Waals surface area contributed by atoms with Gasteiger partial charge in [0.05, 0.1) is 19.3 Å². The molecular weight excluding hydrogens is 386 g/mol. The van der Waals surface area contributed by atoms with Crippen molar-refractivity contribution in [2.45, 2.75) is 44.5 Å². The average Bonchev–Trinajstić information content (AvgIpc) is 3.15. The van der Waals surface area contributed by atoms with Crippen LogP contribution in [0.25, 0.3) is 0 Å². The summed E-state index contributed by atoms with van der Waals surface area (Å²) in [7, 11) is 1.64. The number of aromatic nitrogens is 1. The molecule has 2 saturated heterocycles. The van der Waals surface area contributed by atoms with Crippen LogP contribution in [0.15, 0.2) is 36.0 Å². The fourth-order valence-electron chi connectivity index (χ4n) is 4.33. The topological polar surface area (TPSA) is 54.9 Å². The smallest absolute Gasteiger partial charge is 0.255 e. The van der Waals surface area contributed by atoms with Crippen molar-refractivity contribution in [3.8, 4) is 0 Å². The lowest BCUT2D eigenvalue weighted by Crippen LogP contribution is -2.64. The van der Waals surface area contributed by atoms with Crippen LogP contribution >= 0.6 is 11.3 Å². The Bertz CT molecular complexity index is 805. The summed E-state index contributed by atoms with van der Waals surface area (Å²) in [5, 5.41) is 2.17. The molecule has 2 aliphatic heterocycles. The molecule has 1 amide bonds. The van der Waals surface area contributed by atoms with Gasteiger partial charge in [-0.05, 0) is 54.5 Å². The molecule has 7 heteroatoms. The molecule has 2 fully saturated rings. The Labute approximate surface area is 176 Å². The number of β-lactam (4-membered cyclic amide) rings is 1. The number of rotatable bonds is 8. The minimum Gasteiger partial charge on any atom is -0.382 e. The van der Waals surface area contributed by atoms with Gasteiger partial charge in [0, 0.05) is 50.1 Å². The molecule has 0 radical (unpaired) electrons. The summed E-state index contributed by atoms with van der Waals surface area (Å²) >= 11 is 1.83. The molecule has 29 heavy (non-hydrogen) atoms. The third kappa shape index (κ3) is 4.38. The predicted molar refractivity (Wildman–Crippen MR) is 113 cm³/mol. The van der Waals surface area contributed by atoms with Gasteiger partial charge in [-0.1, -0.05) is 0 Å². The second-order valence-corrected chi connectivity index (χ2v) is 8.79. The molecule has 0 unspecified atom stereocenters. The van der Waals surface area contributed by atoms with Crippen LogP contribution in [0.1, 0.15) is 34.9 Å². The van der Waals surface area contributed by atoms with Crippen molar-refractivity contribution in [2.24, 2.45) is 0 Å². The van der Waals surface area contributed by atoms with Crippen molar-refractivity contribution in [2.75, 3.05) is 33.4 Å². The zero-order valence-corrected chi connectivity index (χ0v) is 17.9. The van der Waals surface area contributed by atoms with Crippen LogP contribution in [0.4, 0.5) is 0 Å². The SMILES string of the molecule is COCCO[C@H]1C(=O)N(C2CCN(Cc3sccc3C)CC2)[C@H]1c1ccncc1. The van der Waals surface area contributed by atoms with Gasteiger partial charge in [0.15, 0.2) is 6.10 Å². The number of hydrogen-bond donors (Lipinski definition) is 0. The molecule has 156 valence electrons. The normalized spacial score (nSPS) is 23.4. The van der Waals surface area contributed by atoms with Crippen LogP contribution in [0.2, 0.25) is 0 Å². The fourth-order valence-corrected chi connectivity index (χ4v) is 5.28. The van der Waals surface area contributed by atoms with Crippen molar-refractivity contribution < 1.29 is 14.3 Å². The number of pyridine rings is 1. The summed E-state index contributed by atoms with van der Waals surface area (Å²) in [6.45, 7) is 6.16. The molecule has 6 nitrogen and oxygen atoms in total. The second kappa shape index (κ2) is 9.34. The molecule has 0 aromatic carbocycles. The summed E-state index contributed by atoms with van der Waals surface area (Å²) in [6, 6.07) is 6.41. The first kappa shape index (κ1) is 20.5. The average molecular weight is 416 g/mol. The Kier molecular flexibility index (Phi) is 6.60. The first-order valence-electron chi connectivity index (χ1n) is 10.3. The van der Waals surface area contributed by atoms with Gasteiger partial charge in [-0.2, -0.15) is 0 Å². The monoisotopic (exact) mass is 415 g/mol. The zero-order chi connectivity index (χ0) is 20.2. The maximum atomic E-state index is 13.0. The number of nitrogens with zero attached hydrogens (tertiary/aromatic N) is 3. The second-order valence-electron chi connectivity index (χ2n) is 7.79. The Balaban J connectivity index is 1.40. The van der Waals surface area contributed by atoms with E-state index in [-0.39, 0.29) is 18.0 Å². The van der Waals surface area contributed by atoms with E-state index >= 15 is 0 Å². The molecular formula is C22H29N3O3S. The van der Waals surface area contributed by atoms with E-state index in [1.807, 2.05) is 23.5 Å². The number of aryl methyl sites for hydroxylation is 1. The first-order chi connectivity index (χ1) is 14.2. The lowest BCUT2D eigenvalue weighted by molar-refractivity contribution is -0.184. The number of methoxy groups -OCH3 is 1. The van der Waals surface area contributed by atoms with E-state index in [2.05, 4.69) is 33.2 Å². The molecule has 2 aromatic rings. The first-order valence-corrected chi connectivity index (χ1v) is 11.1. The molecule has 2 atom stereocenters. The van der Waals surface area contributed by atoms with E-state index in [1.165, 1.54) is 10.4 Å². The third-order valence-electron chi connectivity index (χ3n) is 6.00. The minimum absolute atomic E-state index is 0.0292. The number of likely N-dealkylation sites (tertiary alicyclic amines) is 2. The van der Waals surface area contributed by atoms with Gasteiger partial charge in [0.1, 0.15) is 0 Å². The minimum atomic E-state index is -0.417. The molecule has 0 spiro atoms. The van der Waals surface area contributed by atoms with E-state index in [4.69, 9.17) is 9.47 Å². The molecule has 2 aliphatic rings. The van der Waals surface area contributed by atoms with Crippen molar-refractivity contribution >= 4 is 17.2 Å². The number of piperidine rings is 1. The molecule has 0 N–H and O–H groups in total. The third-order valence-corrected chi connectivity index (χ3v) is 7.01. The van der Waals surface area contributed by atoms with E-state index in [9.17, 15) is 4.79 Å². The van der Waals surface area contributed by atoms with Gasteiger partial charge in [-0.3, -0.25) is 14.7 Å². The fraction of sp³-hybridized carbons (Fsp3) is 0.545. The van der Waals surface area contributed by atoms with Crippen molar-refractivity contribution in [1.29, 1.82) is 0 Å². The number of hydrogen-bond acceptors (Lipinski definition) is 6. The largest absolute Gasteiger partial charge is 0.382 e. The number of carbonyl (C=O) groups is 1. The maximum absolute atomic E-state index is 13.0. The summed E-state index contributed by atoms with van der Waals surface area (Å²) < 4.78 is 11.0. The molecule has 0 aliphatic carbocycles. The Morgan fingerprint density at radius 2 is 1.93 bits per heavy atom. The highest BCUT2D eigenvalue weighted by molar-refractivity contribution is 7.10. The Morgan fingerprint density at radius 3 is 2.59 bits per heavy atom. The molecule has 4 rings (SSSR count). The molecule has 0 saturated carbocycles. The standard InChI is InChI=1S/C22H29N3O3S/c1-16-7-14-29-19(16)15-24-10-5-18(6-11-24)25-20(17-3-8-23-9-4-17)21(22(25)26)28-13-12-27-2/h3-4,7-9,14,18,20-21H,5-6,10-13,15H2,1-2H3/t20-,21+/m0/s1. The van der Waals surface area contributed by atoms with Gasteiger partial charge in [0.25, 0.3) is 5.91 Å². The Morgan fingerprint density at radius 1 is 1.17 bits per heavy atom. The van der Waals surface area contributed by atoms with Crippen LogP contribution in [-0.2, 0) is 20.8 Å². The van der Waals surface area contributed by atoms with Gasteiger partial charge < -0.3 is 14.4 Å². The van der Waals surface area contributed by atoms with Crippen LogP contribution in [0, 0.1) is 6.92 Å². The van der Waals surface area contributed by atoms with Crippen molar-refractivity contribution in [3.05, 3.63) is 52.0 Å². The van der Waals surface area contributed by atoms with E-state index in [0.29, 0.717) is 13.2 Å². The number of ether oxygens (including phenoxy) is 2. The summed E-state index contributed by atoms with van der Waals surface area (Å²) in [5.74, 6) is 0.107. The van der Waals surface area contributed by atoms with Gasteiger partial charge in [-0.25, -0.2) is 0 Å². The summed E-state index contributed by atoms with van der Waals surface area (Å²) in [5.41, 5.74) is 2.47. The number of thiophene rings is 1. The van der Waals surface area contributed by atoms with Gasteiger partial charge >= 0.3 is 0 Å². The number of amides is 1. The van der Waals surface area contributed by atoms with Crippen LogP contribution in [-0.4, -0.2) is 66.2 Å². The van der Waals surface area contributed by atoms with Gasteiger partial charge in [0.2, 0.25) is 0 Å². The lowest BCUT2D eigenvalue weighted by Gasteiger charge is -2.52. The maximum Gasteiger partial charge on any atom is 0.255 e. The van der Waals surface area contributed by atoms with Crippen LogP contribution < -0.4 is 0 Å². The highest BCUT2D eigenvalue weighted by Crippen LogP contribution is 2.41. The van der Waals surface area contributed by atoms with Crippen LogP contribution in [0.3, 0.4) is 0 Å². The lowest BCUT2D eigenvalue weighted by atomic mass is 9.86. The molecule has 4 heterocycles. The van der Waals surface area contributed by atoms with Gasteiger partial charge in [-0.15, -0.1) is 11.3 Å². The highest BCUT2D eigenvalue weighted by atomic mass is 32.1. The van der Waals surface area contributed by atoms with Crippen LogP contribution in [0.5, 0.6) is 0 Å². The van der Waals surface area contributed by atoms with E-state index in [1.54, 1.807) is 19.5 Å². The summed E-state index contributed by atoms with van der Waals surface area (Å²) in [4.78, 5) is 23.1. The summed E-state index contributed by atoms with van der Waals surface area (Å²) in [6.07, 6.45) is 5.16. The highest BCUT2D eigenvalue weighted by Gasteiger charge is 2.52. The predicted octanol–water partition coefficient (Wildman–Crippen LogP) is 3.03. The zero-order valence-electron chi connectivity index (χ0n) is 17.1. The van der Waals surface area contributed by atoms with E-state index in [0.717, 1.165) is 38.0 Å².